The lowest BCUT2D eigenvalue weighted by molar-refractivity contribution is -0.111. The third-order valence-corrected chi connectivity index (χ3v) is 2.72. The van der Waals surface area contributed by atoms with E-state index in [0.29, 0.717) is 11.5 Å². The summed E-state index contributed by atoms with van der Waals surface area (Å²) in [7, 11) is 1.61. The topological polar surface area (TPSA) is 47.6 Å². The maximum atomic E-state index is 11.4. The molecule has 1 N–H and O–H groups in total. The molecule has 0 aliphatic heterocycles. The number of hydrogen-bond donors (Lipinski definition) is 1. The molecule has 0 radical (unpaired) electrons. The zero-order valence-corrected chi connectivity index (χ0v) is 12.0. The van der Waals surface area contributed by atoms with Gasteiger partial charge < -0.3 is 14.8 Å². The van der Waals surface area contributed by atoms with Crippen molar-refractivity contribution in [3.8, 4) is 17.2 Å². The predicted octanol–water partition coefficient (Wildman–Crippen LogP) is 4.00. The zero-order valence-electron chi connectivity index (χ0n) is 12.0. The number of carbonyl (C=O) groups excluding carboxylic acids is 1. The number of ether oxygens (including phenoxy) is 2. The number of allylic oxidation sites excluding steroid dienone is 1. The van der Waals surface area contributed by atoms with Gasteiger partial charge >= 0.3 is 0 Å². The lowest BCUT2D eigenvalue weighted by Gasteiger charge is -2.08. The molecule has 0 bridgehead atoms. The van der Waals surface area contributed by atoms with Crippen LogP contribution in [-0.2, 0) is 4.79 Å². The van der Waals surface area contributed by atoms with Crippen LogP contribution in [0.5, 0.6) is 17.2 Å². The van der Waals surface area contributed by atoms with Gasteiger partial charge in [-0.1, -0.05) is 12.1 Å². The molecular formula is C17H17NO3. The molecular weight excluding hydrogens is 266 g/mol. The first-order valence-electron chi connectivity index (χ1n) is 6.57. The van der Waals surface area contributed by atoms with E-state index in [9.17, 15) is 4.79 Å². The number of carbonyl (C=O) groups is 1. The largest absolute Gasteiger partial charge is 0.497 e. The minimum atomic E-state index is -0.154. The summed E-state index contributed by atoms with van der Waals surface area (Å²) in [5, 5.41) is 2.75. The molecule has 2 aromatic rings. The van der Waals surface area contributed by atoms with Crippen LogP contribution in [0.4, 0.5) is 5.69 Å². The number of rotatable bonds is 5. The summed E-state index contributed by atoms with van der Waals surface area (Å²) in [6.45, 7) is 1.80. The fourth-order valence-corrected chi connectivity index (χ4v) is 1.74. The highest BCUT2D eigenvalue weighted by molar-refractivity contribution is 5.99. The Balaban J connectivity index is 2.03. The Kier molecular flexibility index (Phi) is 4.99. The Morgan fingerprint density at radius 1 is 1.05 bits per heavy atom. The molecule has 0 heterocycles. The Labute approximate surface area is 124 Å². The quantitative estimate of drug-likeness (QED) is 0.844. The van der Waals surface area contributed by atoms with Gasteiger partial charge in [-0.05, 0) is 49.4 Å². The van der Waals surface area contributed by atoms with Crippen LogP contribution in [0, 0.1) is 0 Å². The van der Waals surface area contributed by atoms with Gasteiger partial charge in [-0.25, -0.2) is 0 Å². The van der Waals surface area contributed by atoms with Gasteiger partial charge in [0.05, 0.1) is 7.11 Å². The van der Waals surface area contributed by atoms with Crippen molar-refractivity contribution in [1.82, 2.24) is 0 Å². The molecule has 0 aliphatic carbocycles. The van der Waals surface area contributed by atoms with Crippen LogP contribution in [0.3, 0.4) is 0 Å². The number of nitrogens with one attached hydrogen (secondary N) is 1. The minimum absolute atomic E-state index is 0.154. The summed E-state index contributed by atoms with van der Waals surface area (Å²) in [6.07, 6.45) is 3.16. The van der Waals surface area contributed by atoms with E-state index in [4.69, 9.17) is 9.47 Å². The van der Waals surface area contributed by atoms with Crippen molar-refractivity contribution in [3.63, 3.8) is 0 Å². The molecule has 4 nitrogen and oxygen atoms in total. The van der Waals surface area contributed by atoms with Crippen molar-refractivity contribution < 1.29 is 14.3 Å². The molecule has 0 fully saturated rings. The standard InChI is InChI=1S/C17H17NO3/c1-3-5-17(19)18-13-8-10-14(11-9-13)21-16-7-4-6-15(12-16)20-2/h3-12H,1-2H3,(H,18,19)/b5-3+. The number of anilines is 1. The monoisotopic (exact) mass is 283 g/mol. The van der Waals surface area contributed by atoms with E-state index in [1.54, 1.807) is 44.4 Å². The number of amides is 1. The third-order valence-electron chi connectivity index (χ3n) is 2.72. The van der Waals surface area contributed by atoms with Gasteiger partial charge in [-0.3, -0.25) is 4.79 Å². The molecule has 2 rings (SSSR count). The first-order chi connectivity index (χ1) is 10.2. The fourth-order valence-electron chi connectivity index (χ4n) is 1.74. The van der Waals surface area contributed by atoms with E-state index < -0.39 is 0 Å². The first-order valence-corrected chi connectivity index (χ1v) is 6.57. The molecule has 0 spiro atoms. The average molecular weight is 283 g/mol. The van der Waals surface area contributed by atoms with Crippen molar-refractivity contribution in [1.29, 1.82) is 0 Å². The molecule has 0 aliphatic rings. The van der Waals surface area contributed by atoms with Crippen LogP contribution in [0.2, 0.25) is 0 Å². The Morgan fingerprint density at radius 3 is 2.43 bits per heavy atom. The molecule has 0 saturated heterocycles. The van der Waals surface area contributed by atoms with Gasteiger partial charge in [0.25, 0.3) is 0 Å². The molecule has 0 aromatic heterocycles. The van der Waals surface area contributed by atoms with Gasteiger partial charge in [0.15, 0.2) is 0 Å². The molecule has 0 saturated carbocycles. The number of hydrogen-bond acceptors (Lipinski definition) is 3. The summed E-state index contributed by atoms with van der Waals surface area (Å²) in [5.41, 5.74) is 0.719. The molecule has 0 unspecified atom stereocenters. The van der Waals surface area contributed by atoms with Crippen LogP contribution in [-0.4, -0.2) is 13.0 Å². The van der Waals surface area contributed by atoms with Gasteiger partial charge in [0.1, 0.15) is 17.2 Å². The van der Waals surface area contributed by atoms with Crippen LogP contribution >= 0.6 is 0 Å². The second-order valence-corrected chi connectivity index (χ2v) is 4.29. The van der Waals surface area contributed by atoms with Crippen LogP contribution in [0.15, 0.2) is 60.7 Å². The van der Waals surface area contributed by atoms with Crippen molar-refractivity contribution >= 4 is 11.6 Å². The molecule has 108 valence electrons. The molecule has 21 heavy (non-hydrogen) atoms. The molecule has 4 heteroatoms. The lowest BCUT2D eigenvalue weighted by atomic mass is 10.3. The van der Waals surface area contributed by atoms with Crippen molar-refractivity contribution in [2.75, 3.05) is 12.4 Å². The summed E-state index contributed by atoms with van der Waals surface area (Å²) in [4.78, 5) is 11.4. The highest BCUT2D eigenvalue weighted by Crippen LogP contribution is 2.26. The summed E-state index contributed by atoms with van der Waals surface area (Å²) < 4.78 is 10.9. The van der Waals surface area contributed by atoms with Gasteiger partial charge in [0.2, 0.25) is 5.91 Å². The first kappa shape index (κ1) is 14.7. The minimum Gasteiger partial charge on any atom is -0.497 e. The summed E-state index contributed by atoms with van der Waals surface area (Å²) >= 11 is 0. The van der Waals surface area contributed by atoms with Crippen molar-refractivity contribution in [3.05, 3.63) is 60.7 Å². The highest BCUT2D eigenvalue weighted by atomic mass is 16.5. The summed E-state index contributed by atoms with van der Waals surface area (Å²) in [5.74, 6) is 1.97. The predicted molar refractivity (Wildman–Crippen MR) is 83.0 cm³/mol. The van der Waals surface area contributed by atoms with E-state index in [0.717, 1.165) is 11.4 Å². The maximum Gasteiger partial charge on any atom is 0.248 e. The number of methoxy groups -OCH3 is 1. The Morgan fingerprint density at radius 2 is 1.76 bits per heavy atom. The number of benzene rings is 2. The molecule has 2 aromatic carbocycles. The van der Waals surface area contributed by atoms with Crippen molar-refractivity contribution in [2.45, 2.75) is 6.92 Å². The van der Waals surface area contributed by atoms with Crippen LogP contribution < -0.4 is 14.8 Å². The van der Waals surface area contributed by atoms with Crippen LogP contribution in [0.25, 0.3) is 0 Å². The zero-order chi connectivity index (χ0) is 15.1. The summed E-state index contributed by atoms with van der Waals surface area (Å²) in [6, 6.07) is 14.5. The van der Waals surface area contributed by atoms with Crippen LogP contribution in [0.1, 0.15) is 6.92 Å². The van der Waals surface area contributed by atoms with Crippen molar-refractivity contribution in [2.24, 2.45) is 0 Å². The lowest BCUT2D eigenvalue weighted by Crippen LogP contribution is -2.07. The Hall–Kier alpha value is -2.75. The fraction of sp³-hybridized carbons (Fsp3) is 0.118. The average Bonchev–Trinajstić information content (AvgIpc) is 2.50. The molecule has 1 amide bonds. The smallest absolute Gasteiger partial charge is 0.248 e. The Bertz CT molecular complexity index is 633. The van der Waals surface area contributed by atoms with Gasteiger partial charge in [0, 0.05) is 11.8 Å². The molecule has 0 atom stereocenters. The SMILES string of the molecule is C/C=C/C(=O)Nc1ccc(Oc2cccc(OC)c2)cc1. The second kappa shape index (κ2) is 7.14. The second-order valence-electron chi connectivity index (χ2n) is 4.29. The maximum absolute atomic E-state index is 11.4. The normalized spacial score (nSPS) is 10.4. The van der Waals surface area contributed by atoms with Gasteiger partial charge in [-0.15, -0.1) is 0 Å². The third kappa shape index (κ3) is 4.38. The highest BCUT2D eigenvalue weighted by Gasteiger charge is 2.01. The van der Waals surface area contributed by atoms with E-state index in [1.807, 2.05) is 24.3 Å². The van der Waals surface area contributed by atoms with E-state index in [1.165, 1.54) is 6.08 Å². The van der Waals surface area contributed by atoms with E-state index in [2.05, 4.69) is 5.32 Å². The van der Waals surface area contributed by atoms with E-state index >= 15 is 0 Å². The van der Waals surface area contributed by atoms with Gasteiger partial charge in [-0.2, -0.15) is 0 Å². The van der Waals surface area contributed by atoms with E-state index in [-0.39, 0.29) is 5.91 Å².